The third-order valence-corrected chi connectivity index (χ3v) is 5.94. The van der Waals surface area contributed by atoms with E-state index < -0.39 is 0 Å². The van der Waals surface area contributed by atoms with Crippen LogP contribution in [0.5, 0.6) is 5.75 Å². The number of rotatable bonds is 4. The van der Waals surface area contributed by atoms with Crippen molar-refractivity contribution >= 4 is 22.4 Å². The standard InChI is InChI=1S/C23H19N3OS/c1-15-5-10-18-19(14-15)25-23(24-18)22-12-11-21(28-22)20-4-3-13-26(20)16-6-8-17(27-2)9-7-16/h3-14H,1-2H3,(H,24,25). The van der Waals surface area contributed by atoms with Gasteiger partial charge in [-0.15, -0.1) is 11.3 Å². The van der Waals surface area contributed by atoms with E-state index in [-0.39, 0.29) is 0 Å². The Hall–Kier alpha value is -3.31. The first kappa shape index (κ1) is 16.8. The minimum atomic E-state index is 0.857. The molecule has 4 nitrogen and oxygen atoms in total. The van der Waals surface area contributed by atoms with Gasteiger partial charge < -0.3 is 14.3 Å². The van der Waals surface area contributed by atoms with Crippen molar-refractivity contribution in [3.05, 3.63) is 78.5 Å². The molecule has 0 aliphatic carbocycles. The monoisotopic (exact) mass is 385 g/mol. The van der Waals surface area contributed by atoms with Gasteiger partial charge >= 0.3 is 0 Å². The van der Waals surface area contributed by atoms with E-state index in [1.54, 1.807) is 18.4 Å². The highest BCUT2D eigenvalue weighted by atomic mass is 32.1. The Morgan fingerprint density at radius 1 is 0.964 bits per heavy atom. The molecule has 0 saturated heterocycles. The Kier molecular flexibility index (Phi) is 4.02. The maximum absolute atomic E-state index is 5.27. The molecule has 0 aliphatic heterocycles. The van der Waals surface area contributed by atoms with E-state index >= 15 is 0 Å². The second-order valence-corrected chi connectivity index (χ2v) is 7.82. The van der Waals surface area contributed by atoms with Gasteiger partial charge in [-0.25, -0.2) is 4.98 Å². The zero-order chi connectivity index (χ0) is 19.1. The van der Waals surface area contributed by atoms with Gasteiger partial charge in [0.05, 0.1) is 33.6 Å². The molecule has 2 aromatic carbocycles. The smallest absolute Gasteiger partial charge is 0.148 e. The molecule has 5 rings (SSSR count). The summed E-state index contributed by atoms with van der Waals surface area (Å²) in [4.78, 5) is 10.5. The van der Waals surface area contributed by atoms with Crippen molar-refractivity contribution in [3.8, 4) is 32.7 Å². The van der Waals surface area contributed by atoms with E-state index in [0.717, 1.165) is 38.9 Å². The molecule has 28 heavy (non-hydrogen) atoms. The number of aromatic nitrogens is 3. The summed E-state index contributed by atoms with van der Waals surface area (Å²) in [6, 6.07) is 22.9. The molecule has 1 N–H and O–H groups in total. The lowest BCUT2D eigenvalue weighted by Gasteiger charge is -2.09. The molecule has 0 saturated carbocycles. The van der Waals surface area contributed by atoms with Crippen LogP contribution in [0.2, 0.25) is 0 Å². The van der Waals surface area contributed by atoms with Gasteiger partial charge in [0.2, 0.25) is 0 Å². The van der Waals surface area contributed by atoms with Gasteiger partial charge in [-0.2, -0.15) is 0 Å². The topological polar surface area (TPSA) is 42.8 Å². The number of methoxy groups -OCH3 is 1. The largest absolute Gasteiger partial charge is 0.497 e. The Labute approximate surface area is 167 Å². The first-order valence-electron chi connectivity index (χ1n) is 9.10. The van der Waals surface area contributed by atoms with E-state index in [1.807, 2.05) is 12.1 Å². The summed E-state index contributed by atoms with van der Waals surface area (Å²) in [5.74, 6) is 1.77. The first-order valence-corrected chi connectivity index (χ1v) is 9.92. The summed E-state index contributed by atoms with van der Waals surface area (Å²) in [5, 5.41) is 0. The van der Waals surface area contributed by atoms with Crippen LogP contribution in [0.3, 0.4) is 0 Å². The normalized spacial score (nSPS) is 11.2. The van der Waals surface area contributed by atoms with E-state index in [4.69, 9.17) is 9.72 Å². The quantitative estimate of drug-likeness (QED) is 0.408. The minimum absolute atomic E-state index is 0.857. The van der Waals surface area contributed by atoms with Crippen molar-refractivity contribution in [1.82, 2.24) is 14.5 Å². The fourth-order valence-corrected chi connectivity index (χ4v) is 4.37. The number of aryl methyl sites for hydroxylation is 1. The molecule has 0 spiro atoms. The Morgan fingerprint density at radius 3 is 2.61 bits per heavy atom. The molecular formula is C23H19N3OS. The molecule has 0 amide bonds. The van der Waals surface area contributed by atoms with Gasteiger partial charge in [-0.05, 0) is 73.2 Å². The number of benzene rings is 2. The average Bonchev–Trinajstić information content (AvgIpc) is 3.45. The number of aromatic amines is 1. The van der Waals surface area contributed by atoms with Gasteiger partial charge in [0, 0.05) is 11.9 Å². The molecule has 5 heteroatoms. The van der Waals surface area contributed by atoms with Gasteiger partial charge in [-0.3, -0.25) is 0 Å². The molecule has 3 heterocycles. The summed E-state index contributed by atoms with van der Waals surface area (Å²) in [5.41, 5.74) is 5.57. The van der Waals surface area contributed by atoms with Crippen LogP contribution >= 0.6 is 11.3 Å². The molecule has 0 aliphatic rings. The van der Waals surface area contributed by atoms with Crippen LogP contribution in [0.4, 0.5) is 0 Å². The molecule has 0 bridgehead atoms. The third-order valence-electron chi connectivity index (χ3n) is 4.83. The maximum Gasteiger partial charge on any atom is 0.148 e. The van der Waals surface area contributed by atoms with Crippen LogP contribution in [-0.4, -0.2) is 21.6 Å². The highest BCUT2D eigenvalue weighted by Gasteiger charge is 2.12. The van der Waals surface area contributed by atoms with E-state index in [9.17, 15) is 0 Å². The summed E-state index contributed by atoms with van der Waals surface area (Å²) in [6.07, 6.45) is 2.08. The lowest BCUT2D eigenvalue weighted by atomic mass is 10.2. The van der Waals surface area contributed by atoms with E-state index in [2.05, 4.69) is 77.3 Å². The minimum Gasteiger partial charge on any atom is -0.497 e. The number of hydrogen-bond acceptors (Lipinski definition) is 3. The molecule has 3 aromatic heterocycles. The van der Waals surface area contributed by atoms with Crippen LogP contribution in [0.15, 0.2) is 72.9 Å². The molecule has 5 aromatic rings. The number of thiophene rings is 1. The number of imidazole rings is 1. The number of nitrogens with one attached hydrogen (secondary N) is 1. The second-order valence-electron chi connectivity index (χ2n) is 6.73. The summed E-state index contributed by atoms with van der Waals surface area (Å²) in [6.45, 7) is 2.09. The predicted octanol–water partition coefficient (Wildman–Crippen LogP) is 6.07. The van der Waals surface area contributed by atoms with Crippen molar-refractivity contribution in [2.75, 3.05) is 7.11 Å². The highest BCUT2D eigenvalue weighted by Crippen LogP contribution is 2.35. The fraction of sp³-hybridized carbons (Fsp3) is 0.0870. The summed E-state index contributed by atoms with van der Waals surface area (Å²) in [7, 11) is 1.68. The van der Waals surface area contributed by atoms with E-state index in [1.165, 1.54) is 10.4 Å². The maximum atomic E-state index is 5.27. The lowest BCUT2D eigenvalue weighted by Crippen LogP contribution is -1.94. The number of hydrogen-bond donors (Lipinski definition) is 1. The summed E-state index contributed by atoms with van der Waals surface area (Å²) >= 11 is 1.74. The van der Waals surface area contributed by atoms with Crippen molar-refractivity contribution in [1.29, 1.82) is 0 Å². The number of H-pyrrole nitrogens is 1. The Bertz CT molecular complexity index is 1260. The third kappa shape index (κ3) is 2.90. The lowest BCUT2D eigenvalue weighted by molar-refractivity contribution is 0.415. The van der Waals surface area contributed by atoms with Gasteiger partial charge in [0.15, 0.2) is 0 Å². The SMILES string of the molecule is COc1ccc(-n2cccc2-c2ccc(-c3nc4ccc(C)cc4[nH]3)s2)cc1. The predicted molar refractivity (Wildman–Crippen MR) is 115 cm³/mol. The van der Waals surface area contributed by atoms with Crippen LogP contribution in [-0.2, 0) is 0 Å². The van der Waals surface area contributed by atoms with Crippen molar-refractivity contribution in [2.24, 2.45) is 0 Å². The van der Waals surface area contributed by atoms with Crippen molar-refractivity contribution in [2.45, 2.75) is 6.92 Å². The average molecular weight is 385 g/mol. The summed E-state index contributed by atoms with van der Waals surface area (Å²) < 4.78 is 7.46. The second kappa shape index (κ2) is 6.69. The number of fused-ring (bicyclic) bond motifs is 1. The zero-order valence-electron chi connectivity index (χ0n) is 15.6. The van der Waals surface area contributed by atoms with Gasteiger partial charge in [-0.1, -0.05) is 6.07 Å². The molecule has 0 atom stereocenters. The highest BCUT2D eigenvalue weighted by molar-refractivity contribution is 7.18. The van der Waals surface area contributed by atoms with Crippen molar-refractivity contribution < 1.29 is 4.74 Å². The van der Waals surface area contributed by atoms with Crippen molar-refractivity contribution in [3.63, 3.8) is 0 Å². The zero-order valence-corrected chi connectivity index (χ0v) is 16.5. The van der Waals surface area contributed by atoms with E-state index in [0.29, 0.717) is 0 Å². The number of ether oxygens (including phenoxy) is 1. The number of nitrogens with zero attached hydrogens (tertiary/aromatic N) is 2. The van der Waals surface area contributed by atoms with Crippen LogP contribution in [0.25, 0.3) is 38.0 Å². The van der Waals surface area contributed by atoms with Crippen LogP contribution in [0, 0.1) is 6.92 Å². The first-order chi connectivity index (χ1) is 13.7. The van der Waals surface area contributed by atoms with Gasteiger partial charge in [0.1, 0.15) is 11.6 Å². The Morgan fingerprint density at radius 2 is 1.79 bits per heavy atom. The molecule has 138 valence electrons. The van der Waals surface area contributed by atoms with Gasteiger partial charge in [0.25, 0.3) is 0 Å². The fourth-order valence-electron chi connectivity index (χ4n) is 3.39. The van der Waals surface area contributed by atoms with Crippen LogP contribution in [0.1, 0.15) is 5.56 Å². The molecule has 0 unspecified atom stereocenters. The van der Waals surface area contributed by atoms with Crippen LogP contribution < -0.4 is 4.74 Å². The molecule has 0 fully saturated rings. The molecular weight excluding hydrogens is 366 g/mol. The Balaban J connectivity index is 1.52. The molecule has 0 radical (unpaired) electrons.